The number of benzene rings is 2. The van der Waals surface area contributed by atoms with Crippen LogP contribution in [0.4, 0.5) is 0 Å². The highest BCUT2D eigenvalue weighted by molar-refractivity contribution is 5.33. The van der Waals surface area contributed by atoms with Crippen molar-refractivity contribution in [1.82, 2.24) is 5.32 Å². The van der Waals surface area contributed by atoms with Crippen molar-refractivity contribution in [2.75, 3.05) is 6.61 Å². The molecule has 100 valence electrons. The van der Waals surface area contributed by atoms with Gasteiger partial charge in [-0.2, -0.15) is 0 Å². The SMILES string of the molecule is C[C@H](CO)NCc1cccc(Oc2ccccc2)c1. The van der Waals surface area contributed by atoms with Gasteiger partial charge in [-0.1, -0.05) is 30.3 Å². The first kappa shape index (κ1) is 13.6. The fourth-order valence-corrected chi connectivity index (χ4v) is 1.70. The summed E-state index contributed by atoms with van der Waals surface area (Å²) >= 11 is 0. The zero-order valence-electron chi connectivity index (χ0n) is 11.0. The molecular weight excluding hydrogens is 238 g/mol. The van der Waals surface area contributed by atoms with E-state index in [-0.39, 0.29) is 12.6 Å². The van der Waals surface area contributed by atoms with E-state index in [0.29, 0.717) is 6.54 Å². The smallest absolute Gasteiger partial charge is 0.127 e. The normalized spacial score (nSPS) is 12.1. The first-order valence-electron chi connectivity index (χ1n) is 6.44. The van der Waals surface area contributed by atoms with Crippen molar-refractivity contribution in [3.8, 4) is 11.5 Å². The summed E-state index contributed by atoms with van der Waals surface area (Å²) in [6, 6.07) is 17.8. The van der Waals surface area contributed by atoms with Gasteiger partial charge in [-0.3, -0.25) is 0 Å². The second-order valence-corrected chi connectivity index (χ2v) is 4.53. The van der Waals surface area contributed by atoms with E-state index in [1.165, 1.54) is 0 Å². The third kappa shape index (κ3) is 4.39. The summed E-state index contributed by atoms with van der Waals surface area (Å²) in [5.41, 5.74) is 1.13. The monoisotopic (exact) mass is 257 g/mol. The van der Waals surface area contributed by atoms with E-state index in [1.54, 1.807) is 0 Å². The highest BCUT2D eigenvalue weighted by atomic mass is 16.5. The van der Waals surface area contributed by atoms with Gasteiger partial charge in [0.2, 0.25) is 0 Å². The van der Waals surface area contributed by atoms with Gasteiger partial charge in [-0.15, -0.1) is 0 Å². The predicted octanol–water partition coefficient (Wildman–Crippen LogP) is 2.95. The first-order chi connectivity index (χ1) is 9.28. The number of ether oxygens (including phenoxy) is 1. The van der Waals surface area contributed by atoms with Crippen LogP contribution in [0.25, 0.3) is 0 Å². The zero-order valence-corrected chi connectivity index (χ0v) is 11.0. The summed E-state index contributed by atoms with van der Waals surface area (Å²) in [5.74, 6) is 1.65. The van der Waals surface area contributed by atoms with Crippen LogP contribution >= 0.6 is 0 Å². The maximum atomic E-state index is 8.98. The van der Waals surface area contributed by atoms with E-state index in [4.69, 9.17) is 9.84 Å². The molecule has 0 heterocycles. The number of hydrogen-bond acceptors (Lipinski definition) is 3. The Bertz CT molecular complexity index is 499. The van der Waals surface area contributed by atoms with Crippen molar-refractivity contribution < 1.29 is 9.84 Å². The molecule has 0 aliphatic rings. The summed E-state index contributed by atoms with van der Waals surface area (Å²) in [7, 11) is 0. The minimum absolute atomic E-state index is 0.0960. The Balaban J connectivity index is 1.99. The molecule has 19 heavy (non-hydrogen) atoms. The maximum Gasteiger partial charge on any atom is 0.127 e. The van der Waals surface area contributed by atoms with Crippen molar-refractivity contribution in [1.29, 1.82) is 0 Å². The number of hydrogen-bond donors (Lipinski definition) is 2. The van der Waals surface area contributed by atoms with Gasteiger partial charge in [0.15, 0.2) is 0 Å². The van der Waals surface area contributed by atoms with Gasteiger partial charge in [0.1, 0.15) is 11.5 Å². The van der Waals surface area contributed by atoms with Gasteiger partial charge in [0.25, 0.3) is 0 Å². The molecule has 2 N–H and O–H groups in total. The number of aliphatic hydroxyl groups is 1. The van der Waals surface area contributed by atoms with E-state index >= 15 is 0 Å². The van der Waals surface area contributed by atoms with E-state index in [2.05, 4.69) is 5.32 Å². The molecule has 0 unspecified atom stereocenters. The minimum atomic E-state index is 0.0960. The van der Waals surface area contributed by atoms with Crippen LogP contribution in [0.3, 0.4) is 0 Å². The van der Waals surface area contributed by atoms with Crippen LogP contribution in [-0.2, 0) is 6.54 Å². The Labute approximate surface area is 113 Å². The molecule has 0 bridgehead atoms. The van der Waals surface area contributed by atoms with Crippen LogP contribution < -0.4 is 10.1 Å². The fraction of sp³-hybridized carbons (Fsp3) is 0.250. The molecule has 0 amide bonds. The second-order valence-electron chi connectivity index (χ2n) is 4.53. The highest BCUT2D eigenvalue weighted by Gasteiger charge is 2.01. The van der Waals surface area contributed by atoms with Crippen molar-refractivity contribution in [2.24, 2.45) is 0 Å². The van der Waals surface area contributed by atoms with E-state index in [9.17, 15) is 0 Å². The molecule has 0 aliphatic heterocycles. The Kier molecular flexibility index (Phi) is 4.95. The zero-order chi connectivity index (χ0) is 13.5. The van der Waals surface area contributed by atoms with E-state index < -0.39 is 0 Å². The van der Waals surface area contributed by atoms with Crippen molar-refractivity contribution >= 4 is 0 Å². The number of para-hydroxylation sites is 1. The average Bonchev–Trinajstić information content (AvgIpc) is 2.46. The van der Waals surface area contributed by atoms with Gasteiger partial charge in [0.05, 0.1) is 6.61 Å². The fourth-order valence-electron chi connectivity index (χ4n) is 1.70. The molecule has 3 nitrogen and oxygen atoms in total. The minimum Gasteiger partial charge on any atom is -0.457 e. The Morgan fingerprint density at radius 1 is 1.05 bits per heavy atom. The lowest BCUT2D eigenvalue weighted by Gasteiger charge is -2.11. The Morgan fingerprint density at radius 3 is 2.53 bits per heavy atom. The number of rotatable bonds is 6. The lowest BCUT2D eigenvalue weighted by molar-refractivity contribution is 0.251. The summed E-state index contributed by atoms with van der Waals surface area (Å²) in [4.78, 5) is 0. The highest BCUT2D eigenvalue weighted by Crippen LogP contribution is 2.21. The van der Waals surface area contributed by atoms with Crippen LogP contribution in [0.2, 0.25) is 0 Å². The quantitative estimate of drug-likeness (QED) is 0.836. The lowest BCUT2D eigenvalue weighted by atomic mass is 10.2. The van der Waals surface area contributed by atoms with Gasteiger partial charge in [-0.05, 0) is 36.8 Å². The molecule has 2 aromatic carbocycles. The molecule has 0 saturated carbocycles. The Hall–Kier alpha value is -1.84. The van der Waals surface area contributed by atoms with E-state index in [1.807, 2.05) is 61.5 Å². The molecule has 0 saturated heterocycles. The average molecular weight is 257 g/mol. The number of aliphatic hydroxyl groups excluding tert-OH is 1. The molecule has 2 rings (SSSR count). The van der Waals surface area contributed by atoms with Crippen LogP contribution in [0, 0.1) is 0 Å². The molecule has 0 aromatic heterocycles. The molecule has 0 fully saturated rings. The third-order valence-corrected chi connectivity index (χ3v) is 2.81. The van der Waals surface area contributed by atoms with Gasteiger partial charge < -0.3 is 15.2 Å². The maximum absolute atomic E-state index is 8.98. The molecular formula is C16H19NO2. The molecule has 2 aromatic rings. The van der Waals surface area contributed by atoms with Crippen molar-refractivity contribution in [3.05, 3.63) is 60.2 Å². The largest absolute Gasteiger partial charge is 0.457 e. The standard InChI is InChI=1S/C16H19NO2/c1-13(12-18)17-11-14-6-5-9-16(10-14)19-15-7-3-2-4-8-15/h2-10,13,17-18H,11-12H2,1H3/t13-/m1/s1. The predicted molar refractivity (Wildman–Crippen MR) is 76.3 cm³/mol. The second kappa shape index (κ2) is 6.92. The van der Waals surface area contributed by atoms with Crippen LogP contribution in [0.5, 0.6) is 11.5 Å². The molecule has 0 radical (unpaired) electrons. The molecule has 0 spiro atoms. The molecule has 0 aliphatic carbocycles. The van der Waals surface area contributed by atoms with E-state index in [0.717, 1.165) is 17.1 Å². The Morgan fingerprint density at radius 2 is 1.79 bits per heavy atom. The van der Waals surface area contributed by atoms with Crippen molar-refractivity contribution in [2.45, 2.75) is 19.5 Å². The molecule has 1 atom stereocenters. The van der Waals surface area contributed by atoms with Crippen LogP contribution in [0.1, 0.15) is 12.5 Å². The van der Waals surface area contributed by atoms with Crippen LogP contribution in [-0.4, -0.2) is 17.8 Å². The van der Waals surface area contributed by atoms with Crippen molar-refractivity contribution in [3.63, 3.8) is 0 Å². The van der Waals surface area contributed by atoms with Crippen LogP contribution in [0.15, 0.2) is 54.6 Å². The van der Waals surface area contributed by atoms with Gasteiger partial charge in [-0.25, -0.2) is 0 Å². The van der Waals surface area contributed by atoms with Gasteiger partial charge in [0, 0.05) is 12.6 Å². The topological polar surface area (TPSA) is 41.5 Å². The summed E-state index contributed by atoms with van der Waals surface area (Å²) < 4.78 is 5.77. The molecule has 3 heteroatoms. The summed E-state index contributed by atoms with van der Waals surface area (Å²) in [6.45, 7) is 2.80. The first-order valence-corrected chi connectivity index (χ1v) is 6.44. The van der Waals surface area contributed by atoms with Gasteiger partial charge >= 0.3 is 0 Å². The number of nitrogens with one attached hydrogen (secondary N) is 1. The lowest BCUT2D eigenvalue weighted by Crippen LogP contribution is -2.28. The summed E-state index contributed by atoms with van der Waals surface area (Å²) in [6.07, 6.45) is 0. The summed E-state index contributed by atoms with van der Waals surface area (Å²) in [5, 5.41) is 12.2. The third-order valence-electron chi connectivity index (χ3n) is 2.81.